The molecule has 1 saturated heterocycles. The summed E-state index contributed by atoms with van der Waals surface area (Å²) in [5.41, 5.74) is 1.08. The fourth-order valence-corrected chi connectivity index (χ4v) is 6.79. The first-order valence-electron chi connectivity index (χ1n) is 11.9. The molecule has 3 aliphatic heterocycles. The van der Waals surface area contributed by atoms with Crippen LogP contribution < -0.4 is 14.8 Å². The highest BCUT2D eigenvalue weighted by molar-refractivity contribution is 7.15. The van der Waals surface area contributed by atoms with Crippen LogP contribution in [0.3, 0.4) is 0 Å². The normalized spacial score (nSPS) is 27.2. The zero-order valence-electron chi connectivity index (χ0n) is 19.3. The van der Waals surface area contributed by atoms with E-state index in [9.17, 15) is 9.59 Å². The quantitative estimate of drug-likeness (QED) is 0.490. The smallest absolute Gasteiger partial charge is 0.356 e. The molecule has 1 saturated carbocycles. The summed E-state index contributed by atoms with van der Waals surface area (Å²) < 4.78 is 18.9. The lowest BCUT2D eigenvalue weighted by molar-refractivity contribution is -0.240. The topological polar surface area (TPSA) is 90.0 Å². The van der Waals surface area contributed by atoms with Gasteiger partial charge in [-0.25, -0.2) is 9.88 Å². The second kappa shape index (κ2) is 7.68. The van der Waals surface area contributed by atoms with Crippen LogP contribution in [0.2, 0.25) is 5.02 Å². The first kappa shape index (κ1) is 22.1. The number of nitrogens with one attached hydrogen (secondary N) is 1. The summed E-state index contributed by atoms with van der Waals surface area (Å²) in [5, 5.41) is 4.14. The third-order valence-corrected chi connectivity index (χ3v) is 8.78. The molecule has 184 valence electrons. The number of hydrogen-bond acceptors (Lipinski definition) is 8. The van der Waals surface area contributed by atoms with Gasteiger partial charge in [0, 0.05) is 36.0 Å². The van der Waals surface area contributed by atoms with Gasteiger partial charge in [0.15, 0.2) is 22.7 Å². The van der Waals surface area contributed by atoms with E-state index in [0.717, 1.165) is 28.8 Å². The molecule has 2 spiro atoms. The molecule has 1 N–H and O–H groups in total. The maximum absolute atomic E-state index is 13.4. The van der Waals surface area contributed by atoms with E-state index in [0.29, 0.717) is 34.6 Å². The molecular weight excluding hydrogens is 502 g/mol. The molecule has 36 heavy (non-hydrogen) atoms. The number of benzene rings is 2. The molecule has 7 rings (SSSR count). The lowest BCUT2D eigenvalue weighted by Gasteiger charge is -2.39. The molecule has 3 atom stereocenters. The van der Waals surface area contributed by atoms with E-state index in [4.69, 9.17) is 25.8 Å². The molecule has 1 aromatic heterocycles. The Bertz CT molecular complexity index is 1420. The summed E-state index contributed by atoms with van der Waals surface area (Å²) in [5.74, 6) is -0.827. The van der Waals surface area contributed by atoms with Crippen LogP contribution in [0, 0.1) is 0 Å². The highest BCUT2D eigenvalue weighted by atomic mass is 35.5. The minimum Gasteiger partial charge on any atom is -0.452 e. The molecule has 2 unspecified atom stereocenters. The van der Waals surface area contributed by atoms with Crippen LogP contribution in [0.5, 0.6) is 11.5 Å². The second-order valence-corrected chi connectivity index (χ2v) is 11.1. The number of carbonyl (C=O) groups is 2. The van der Waals surface area contributed by atoms with Gasteiger partial charge in [0.05, 0.1) is 11.5 Å². The van der Waals surface area contributed by atoms with Crippen molar-refractivity contribution in [2.24, 2.45) is 0 Å². The van der Waals surface area contributed by atoms with Crippen molar-refractivity contribution in [3.05, 3.63) is 69.7 Å². The van der Waals surface area contributed by atoms with Crippen LogP contribution in [0.1, 0.15) is 48.2 Å². The maximum Gasteiger partial charge on any atom is 0.356 e. The number of rotatable bonds is 2. The van der Waals surface area contributed by atoms with Crippen molar-refractivity contribution in [1.82, 2.24) is 9.88 Å². The number of aromatic nitrogens is 1. The summed E-state index contributed by atoms with van der Waals surface area (Å²) in [7, 11) is 0. The average Bonchev–Trinajstić information content (AvgIpc) is 3.23. The number of halogens is 1. The first-order chi connectivity index (χ1) is 17.4. The summed E-state index contributed by atoms with van der Waals surface area (Å²) in [4.78, 5) is 32.9. The summed E-state index contributed by atoms with van der Waals surface area (Å²) in [6.07, 6.45) is 3.07. The van der Waals surface area contributed by atoms with E-state index in [1.54, 1.807) is 6.20 Å². The van der Waals surface area contributed by atoms with Crippen molar-refractivity contribution in [2.75, 3.05) is 11.9 Å². The molecule has 2 aromatic carbocycles. The molecule has 8 nitrogen and oxygen atoms in total. The van der Waals surface area contributed by atoms with Crippen molar-refractivity contribution in [1.29, 1.82) is 0 Å². The Morgan fingerprint density at radius 3 is 2.81 bits per heavy atom. The molecule has 4 aliphatic rings. The van der Waals surface area contributed by atoms with Gasteiger partial charge in [-0.1, -0.05) is 47.2 Å². The Balaban J connectivity index is 1.45. The average molecular weight is 524 g/mol. The molecule has 5 bridgehead atoms. The van der Waals surface area contributed by atoms with Crippen LogP contribution >= 0.6 is 22.9 Å². The maximum atomic E-state index is 13.4. The predicted octanol–water partition coefficient (Wildman–Crippen LogP) is 4.63. The van der Waals surface area contributed by atoms with Gasteiger partial charge in [0.25, 0.3) is 0 Å². The van der Waals surface area contributed by atoms with Gasteiger partial charge in [-0.2, -0.15) is 0 Å². The molecule has 3 aromatic rings. The lowest BCUT2D eigenvalue weighted by atomic mass is 9.94. The fraction of sp³-hybridized carbons (Fsp3) is 0.346. The van der Waals surface area contributed by atoms with Crippen molar-refractivity contribution < 1.29 is 23.8 Å². The first-order valence-corrected chi connectivity index (χ1v) is 13.1. The SMILES string of the molecule is CC(=O)O[C@@H]1CCN2C(c3ccccc3Cl)c3cnc(s3)NC(=O)C3(CC3)c3ccc4c(c3)OC12O4. The van der Waals surface area contributed by atoms with Gasteiger partial charge in [0.2, 0.25) is 5.91 Å². The number of ether oxygens (including phenoxy) is 3. The second-order valence-electron chi connectivity index (χ2n) is 9.60. The molecule has 0 radical (unpaired) electrons. The Morgan fingerprint density at radius 2 is 2.03 bits per heavy atom. The largest absolute Gasteiger partial charge is 0.452 e. The number of hydrogen-bond donors (Lipinski definition) is 1. The number of anilines is 1. The minimum absolute atomic E-state index is 0.0798. The fourth-order valence-electron chi connectivity index (χ4n) is 5.61. The zero-order valence-corrected chi connectivity index (χ0v) is 20.9. The Hall–Kier alpha value is -3.14. The standard InChI is InChI=1S/C26H22ClN3O5S/c1-14(31)33-21-8-11-30-22(16-4-2-3-5-17(16)27)20-13-28-24(36-20)29-23(32)25(9-10-25)15-6-7-18-19(12-15)35-26(21,30)34-18/h2-7,12-13,21-22H,8-11H2,1H3,(H,28,29,32)/t21-,22?,26?/m1/s1. The van der Waals surface area contributed by atoms with Crippen molar-refractivity contribution in [3.8, 4) is 11.5 Å². The van der Waals surface area contributed by atoms with Crippen LogP contribution in [-0.4, -0.2) is 40.3 Å². The summed E-state index contributed by atoms with van der Waals surface area (Å²) >= 11 is 8.11. The van der Waals surface area contributed by atoms with Gasteiger partial charge in [-0.3, -0.25) is 9.59 Å². The molecular formula is C26H22ClN3O5S. The van der Waals surface area contributed by atoms with Gasteiger partial charge in [-0.05, 0) is 42.2 Å². The molecule has 10 heteroatoms. The number of amides is 1. The number of nitrogens with zero attached hydrogens (tertiary/aromatic N) is 2. The van der Waals surface area contributed by atoms with Crippen molar-refractivity contribution >= 4 is 39.9 Å². The van der Waals surface area contributed by atoms with Gasteiger partial charge in [-0.15, -0.1) is 0 Å². The van der Waals surface area contributed by atoms with Gasteiger partial charge in [0.1, 0.15) is 0 Å². The highest BCUT2D eigenvalue weighted by Gasteiger charge is 2.63. The van der Waals surface area contributed by atoms with Crippen LogP contribution in [0.15, 0.2) is 48.7 Å². The van der Waals surface area contributed by atoms with E-state index in [1.807, 2.05) is 47.4 Å². The van der Waals surface area contributed by atoms with E-state index in [2.05, 4.69) is 10.3 Å². The minimum atomic E-state index is -1.40. The van der Waals surface area contributed by atoms with Crippen LogP contribution in [-0.2, 0) is 19.7 Å². The van der Waals surface area contributed by atoms with Crippen LogP contribution in [0.4, 0.5) is 5.13 Å². The number of esters is 1. The predicted molar refractivity (Wildman–Crippen MR) is 132 cm³/mol. The van der Waals surface area contributed by atoms with Crippen molar-refractivity contribution in [3.63, 3.8) is 0 Å². The third-order valence-electron chi connectivity index (χ3n) is 7.47. The number of thiazole rings is 1. The molecule has 1 amide bonds. The zero-order chi connectivity index (χ0) is 24.7. The number of carbonyl (C=O) groups excluding carboxylic acids is 2. The van der Waals surface area contributed by atoms with Crippen molar-refractivity contribution in [2.45, 2.75) is 49.7 Å². The van der Waals surface area contributed by atoms with E-state index in [-0.39, 0.29) is 5.91 Å². The number of fused-ring (bicyclic) bond motifs is 4. The van der Waals surface area contributed by atoms with Gasteiger partial charge >= 0.3 is 11.9 Å². The summed E-state index contributed by atoms with van der Waals surface area (Å²) in [6, 6.07) is 12.8. The van der Waals surface area contributed by atoms with E-state index < -0.39 is 29.4 Å². The monoisotopic (exact) mass is 523 g/mol. The van der Waals surface area contributed by atoms with E-state index in [1.165, 1.54) is 18.3 Å². The van der Waals surface area contributed by atoms with Crippen LogP contribution in [0.25, 0.3) is 0 Å². The van der Waals surface area contributed by atoms with E-state index >= 15 is 0 Å². The molecule has 2 fully saturated rings. The summed E-state index contributed by atoms with van der Waals surface area (Å²) in [6.45, 7) is 1.90. The molecule has 1 aliphatic carbocycles. The Labute approximate surface area is 216 Å². The molecule has 4 heterocycles. The lowest BCUT2D eigenvalue weighted by Crippen LogP contribution is -2.59. The highest BCUT2D eigenvalue weighted by Crippen LogP contribution is 2.55. The Kier molecular flexibility index (Phi) is 4.71. The third kappa shape index (κ3) is 3.12. The Morgan fingerprint density at radius 1 is 1.22 bits per heavy atom. The van der Waals surface area contributed by atoms with Gasteiger partial charge < -0.3 is 19.5 Å².